The highest BCUT2D eigenvalue weighted by Gasteiger charge is 2.19. The number of hydrogen-bond donors (Lipinski definition) is 2. The van der Waals surface area contributed by atoms with E-state index in [9.17, 15) is 4.79 Å². The summed E-state index contributed by atoms with van der Waals surface area (Å²) in [4.78, 5) is 13.0. The van der Waals surface area contributed by atoms with Crippen molar-refractivity contribution >= 4 is 22.4 Å². The van der Waals surface area contributed by atoms with Crippen LogP contribution in [0.4, 0.5) is 5.69 Å². The molecule has 164 valence electrons. The Morgan fingerprint density at radius 3 is 2.48 bits per heavy atom. The van der Waals surface area contributed by atoms with E-state index >= 15 is 0 Å². The van der Waals surface area contributed by atoms with E-state index in [0.717, 1.165) is 28.6 Å². The molecule has 2 N–H and O–H groups in total. The molecule has 0 saturated heterocycles. The number of aromatic amines is 1. The molecule has 5 rings (SSSR count). The second kappa shape index (κ2) is 9.48. The lowest BCUT2D eigenvalue weighted by molar-refractivity contribution is -0.116. The molecule has 0 aliphatic carbocycles. The van der Waals surface area contributed by atoms with Gasteiger partial charge in [-0.2, -0.15) is 5.21 Å². The lowest BCUT2D eigenvalue weighted by Gasteiger charge is -2.21. The molecular weight excluding hydrogens is 412 g/mol. The molecule has 0 aliphatic rings. The SMILES string of the molecule is O=C(C[C@H](c1cccc2ccccc12)n1cccc1)Nc1ccc(CCc2nn[nH]n2)cc1. The molecule has 0 aliphatic heterocycles. The molecule has 7 nitrogen and oxygen atoms in total. The quantitative estimate of drug-likeness (QED) is 0.373. The van der Waals surface area contributed by atoms with Gasteiger partial charge in [-0.15, -0.1) is 10.2 Å². The molecule has 2 heterocycles. The Morgan fingerprint density at radius 2 is 1.70 bits per heavy atom. The number of carbonyl (C=O) groups excluding carboxylic acids is 1. The zero-order chi connectivity index (χ0) is 22.5. The Hall–Kier alpha value is -4.26. The lowest BCUT2D eigenvalue weighted by atomic mass is 9.96. The first-order valence-corrected chi connectivity index (χ1v) is 11.0. The molecule has 7 heteroatoms. The van der Waals surface area contributed by atoms with E-state index < -0.39 is 0 Å². The van der Waals surface area contributed by atoms with Crippen LogP contribution in [0, 0.1) is 0 Å². The third-order valence-corrected chi connectivity index (χ3v) is 5.81. The van der Waals surface area contributed by atoms with Gasteiger partial charge in [0.05, 0.1) is 12.5 Å². The smallest absolute Gasteiger partial charge is 0.226 e. The van der Waals surface area contributed by atoms with E-state index in [1.165, 1.54) is 5.39 Å². The van der Waals surface area contributed by atoms with Crippen LogP contribution in [0.25, 0.3) is 10.8 Å². The molecule has 3 aromatic carbocycles. The van der Waals surface area contributed by atoms with Crippen LogP contribution < -0.4 is 5.32 Å². The van der Waals surface area contributed by atoms with E-state index in [4.69, 9.17) is 0 Å². The fourth-order valence-electron chi connectivity index (χ4n) is 4.16. The third-order valence-electron chi connectivity index (χ3n) is 5.81. The maximum atomic E-state index is 13.0. The molecule has 5 aromatic rings. The van der Waals surface area contributed by atoms with Crippen LogP contribution >= 0.6 is 0 Å². The number of nitrogens with zero attached hydrogens (tertiary/aromatic N) is 4. The van der Waals surface area contributed by atoms with Gasteiger partial charge in [-0.05, 0) is 52.6 Å². The zero-order valence-corrected chi connectivity index (χ0v) is 18.1. The average Bonchev–Trinajstić information content (AvgIpc) is 3.56. The number of carbonyl (C=O) groups is 1. The van der Waals surface area contributed by atoms with Gasteiger partial charge in [-0.25, -0.2) is 0 Å². The molecule has 0 saturated carbocycles. The van der Waals surface area contributed by atoms with Crippen LogP contribution in [0.5, 0.6) is 0 Å². The number of aromatic nitrogens is 5. The second-order valence-electron chi connectivity index (χ2n) is 7.99. The normalized spacial score (nSPS) is 12.0. The van der Waals surface area contributed by atoms with Gasteiger partial charge >= 0.3 is 0 Å². The summed E-state index contributed by atoms with van der Waals surface area (Å²) < 4.78 is 2.10. The summed E-state index contributed by atoms with van der Waals surface area (Å²) >= 11 is 0. The molecule has 0 unspecified atom stereocenters. The first kappa shape index (κ1) is 20.6. The number of amides is 1. The van der Waals surface area contributed by atoms with Crippen molar-refractivity contribution in [2.75, 3.05) is 5.32 Å². The largest absolute Gasteiger partial charge is 0.346 e. The maximum absolute atomic E-state index is 13.0. The number of tetrazole rings is 1. The minimum atomic E-state index is -0.0969. The van der Waals surface area contributed by atoms with Crippen molar-refractivity contribution in [2.24, 2.45) is 0 Å². The van der Waals surface area contributed by atoms with Crippen molar-refractivity contribution < 1.29 is 4.79 Å². The van der Waals surface area contributed by atoms with Gasteiger partial charge in [0.1, 0.15) is 0 Å². The Labute approximate surface area is 191 Å². The first-order chi connectivity index (χ1) is 16.3. The zero-order valence-electron chi connectivity index (χ0n) is 18.1. The number of aryl methyl sites for hydroxylation is 2. The predicted molar refractivity (Wildman–Crippen MR) is 128 cm³/mol. The van der Waals surface area contributed by atoms with Gasteiger partial charge < -0.3 is 9.88 Å². The minimum absolute atomic E-state index is 0.0267. The van der Waals surface area contributed by atoms with Gasteiger partial charge in [0, 0.05) is 24.5 Å². The topological polar surface area (TPSA) is 88.5 Å². The van der Waals surface area contributed by atoms with Crippen molar-refractivity contribution in [3.63, 3.8) is 0 Å². The van der Waals surface area contributed by atoms with Crippen molar-refractivity contribution in [3.8, 4) is 0 Å². The number of anilines is 1. The van der Waals surface area contributed by atoms with E-state index in [1.54, 1.807) is 0 Å². The average molecular weight is 437 g/mol. The van der Waals surface area contributed by atoms with Crippen LogP contribution in [0.3, 0.4) is 0 Å². The van der Waals surface area contributed by atoms with Crippen LogP contribution in [0.15, 0.2) is 91.3 Å². The van der Waals surface area contributed by atoms with E-state index in [1.807, 2.05) is 60.9 Å². The number of nitrogens with one attached hydrogen (secondary N) is 2. The van der Waals surface area contributed by atoms with E-state index in [-0.39, 0.29) is 11.9 Å². The maximum Gasteiger partial charge on any atom is 0.226 e. The number of hydrogen-bond acceptors (Lipinski definition) is 4. The van der Waals surface area contributed by atoms with Gasteiger partial charge in [0.15, 0.2) is 5.82 Å². The Bertz CT molecular complexity index is 1320. The van der Waals surface area contributed by atoms with Crippen molar-refractivity contribution in [3.05, 3.63) is 108 Å². The fraction of sp³-hybridized carbons (Fsp3) is 0.154. The first-order valence-electron chi connectivity index (χ1n) is 11.0. The van der Waals surface area contributed by atoms with Crippen LogP contribution in [0.1, 0.15) is 29.4 Å². The van der Waals surface area contributed by atoms with Crippen molar-refractivity contribution in [1.29, 1.82) is 0 Å². The molecular formula is C26H24N6O. The highest BCUT2D eigenvalue weighted by Crippen LogP contribution is 2.30. The molecule has 0 radical (unpaired) electrons. The molecule has 1 atom stereocenters. The number of fused-ring (bicyclic) bond motifs is 1. The van der Waals surface area contributed by atoms with Crippen LogP contribution in [-0.2, 0) is 17.6 Å². The molecule has 0 fully saturated rings. The summed E-state index contributed by atoms with van der Waals surface area (Å²) in [6.07, 6.45) is 5.88. The van der Waals surface area contributed by atoms with Gasteiger partial charge in [-0.3, -0.25) is 4.79 Å². The van der Waals surface area contributed by atoms with Crippen LogP contribution in [0.2, 0.25) is 0 Å². The number of rotatable bonds is 8. The molecule has 1 amide bonds. The van der Waals surface area contributed by atoms with Crippen molar-refractivity contribution in [1.82, 2.24) is 25.2 Å². The monoisotopic (exact) mass is 436 g/mol. The highest BCUT2D eigenvalue weighted by molar-refractivity contribution is 5.92. The molecule has 33 heavy (non-hydrogen) atoms. The van der Waals surface area contributed by atoms with Crippen LogP contribution in [-0.4, -0.2) is 31.1 Å². The standard InChI is InChI=1S/C26H24N6O/c33-26(27-21-13-10-19(11-14-21)12-15-25-28-30-31-29-25)18-24(32-16-3-4-17-32)23-9-5-7-20-6-1-2-8-22(20)23/h1-11,13-14,16-17,24H,12,15,18H2,(H,27,33)(H,28,29,30,31)/t24-/m1/s1. The van der Waals surface area contributed by atoms with Crippen molar-refractivity contribution in [2.45, 2.75) is 25.3 Å². The summed E-state index contributed by atoms with van der Waals surface area (Å²) in [5.74, 6) is 0.665. The summed E-state index contributed by atoms with van der Waals surface area (Å²) in [6, 6.07) is 26.4. The third kappa shape index (κ3) is 4.82. The minimum Gasteiger partial charge on any atom is -0.346 e. The molecule has 2 aromatic heterocycles. The Morgan fingerprint density at radius 1 is 0.909 bits per heavy atom. The van der Waals surface area contributed by atoms with E-state index in [2.05, 4.69) is 60.8 Å². The summed E-state index contributed by atoms with van der Waals surface area (Å²) in [5.41, 5.74) is 3.07. The highest BCUT2D eigenvalue weighted by atomic mass is 16.1. The second-order valence-corrected chi connectivity index (χ2v) is 7.99. The summed E-state index contributed by atoms with van der Waals surface area (Å²) in [7, 11) is 0. The van der Waals surface area contributed by atoms with Gasteiger partial charge in [-0.1, -0.05) is 59.8 Å². The fourth-order valence-corrected chi connectivity index (χ4v) is 4.16. The lowest BCUT2D eigenvalue weighted by Crippen LogP contribution is -2.20. The summed E-state index contributed by atoms with van der Waals surface area (Å²) in [6.45, 7) is 0. The molecule has 0 spiro atoms. The van der Waals surface area contributed by atoms with Gasteiger partial charge in [0.25, 0.3) is 0 Å². The van der Waals surface area contributed by atoms with Gasteiger partial charge in [0.2, 0.25) is 5.91 Å². The number of H-pyrrole nitrogens is 1. The number of benzene rings is 3. The Kier molecular flexibility index (Phi) is 5.93. The Balaban J connectivity index is 1.30. The van der Waals surface area contributed by atoms with E-state index in [0.29, 0.717) is 18.7 Å². The predicted octanol–water partition coefficient (Wildman–Crippen LogP) is 4.56. The summed E-state index contributed by atoms with van der Waals surface area (Å²) in [5, 5.41) is 19.4. The molecule has 0 bridgehead atoms.